The molecule has 4 aromatic rings. The molecule has 2 atom stereocenters. The van der Waals surface area contributed by atoms with Gasteiger partial charge in [-0.1, -0.05) is 12.1 Å². The number of fused-ring (bicyclic) bond motifs is 3. The number of carboxylic acid groups (broad SMARTS) is 1. The molecule has 0 saturated carbocycles. The molecule has 39 heavy (non-hydrogen) atoms. The summed E-state index contributed by atoms with van der Waals surface area (Å²) >= 11 is 1.58. The normalized spacial score (nSPS) is 15.5. The van der Waals surface area contributed by atoms with Crippen LogP contribution in [0.5, 0.6) is 5.75 Å². The lowest BCUT2D eigenvalue weighted by Crippen LogP contribution is -2.21. The van der Waals surface area contributed by atoms with E-state index >= 15 is 0 Å². The summed E-state index contributed by atoms with van der Waals surface area (Å²) in [5.41, 5.74) is 3.64. The summed E-state index contributed by atoms with van der Waals surface area (Å²) in [4.78, 5) is 18.2. The highest BCUT2D eigenvalue weighted by molar-refractivity contribution is 7.92. The Bertz CT molecular complexity index is 1700. The maximum atomic E-state index is 12.9. The van der Waals surface area contributed by atoms with E-state index < -0.39 is 28.0 Å². The van der Waals surface area contributed by atoms with Gasteiger partial charge in [0.2, 0.25) is 0 Å². The van der Waals surface area contributed by atoms with E-state index in [9.17, 15) is 18.3 Å². The average Bonchev–Trinajstić information content (AvgIpc) is 3.38. The summed E-state index contributed by atoms with van der Waals surface area (Å²) < 4.78 is 35.4. The van der Waals surface area contributed by atoms with E-state index in [-0.39, 0.29) is 4.90 Å². The minimum absolute atomic E-state index is 0.110. The molecule has 12 heteroatoms. The summed E-state index contributed by atoms with van der Waals surface area (Å²) in [6, 6.07) is 12.2. The first-order valence-corrected chi connectivity index (χ1v) is 14.4. The number of aryl methyl sites for hydroxylation is 2. The number of sulfonamides is 1. The van der Waals surface area contributed by atoms with Gasteiger partial charge in [0.05, 0.1) is 23.6 Å². The molecule has 3 heterocycles. The van der Waals surface area contributed by atoms with Gasteiger partial charge in [-0.05, 0) is 69.7 Å². The predicted octanol–water partition coefficient (Wildman–Crippen LogP) is 4.68. The number of aliphatic imine (C=N–C) groups is 1. The van der Waals surface area contributed by atoms with Crippen molar-refractivity contribution in [3.05, 3.63) is 81.7 Å². The highest BCUT2D eigenvalue weighted by Gasteiger charge is 2.36. The molecule has 0 spiro atoms. The largest absolute Gasteiger partial charge is 0.497 e. The van der Waals surface area contributed by atoms with Gasteiger partial charge in [-0.15, -0.1) is 21.5 Å². The molecule has 0 saturated heterocycles. The molecule has 2 N–H and O–H groups in total. The summed E-state index contributed by atoms with van der Waals surface area (Å²) in [6.07, 6.45) is 0. The van der Waals surface area contributed by atoms with Crippen molar-refractivity contribution >= 4 is 38.7 Å². The third kappa shape index (κ3) is 4.70. The highest BCUT2D eigenvalue weighted by Crippen LogP contribution is 2.40. The SMILES string of the molecule is COc1ccc(S(=O)(=O)Nc2ccc(C3=N[C@@H](C(C)C(=O)O)c4nnc(C)n4-c4sc(C)c(C)c43)cc2)cc1. The van der Waals surface area contributed by atoms with E-state index in [4.69, 9.17) is 9.73 Å². The number of methoxy groups -OCH3 is 1. The van der Waals surface area contributed by atoms with Crippen molar-refractivity contribution in [2.75, 3.05) is 11.8 Å². The third-order valence-corrected chi connectivity index (χ3v) is 9.42. The van der Waals surface area contributed by atoms with Gasteiger partial charge >= 0.3 is 5.97 Å². The maximum Gasteiger partial charge on any atom is 0.308 e. The van der Waals surface area contributed by atoms with Gasteiger partial charge in [-0.2, -0.15) is 0 Å². The van der Waals surface area contributed by atoms with Crippen LogP contribution in [0.25, 0.3) is 5.00 Å². The van der Waals surface area contributed by atoms with E-state index in [0.29, 0.717) is 28.8 Å². The number of hydrogen-bond acceptors (Lipinski definition) is 8. The van der Waals surface area contributed by atoms with Crippen molar-refractivity contribution in [2.24, 2.45) is 10.9 Å². The summed E-state index contributed by atoms with van der Waals surface area (Å²) in [5.74, 6) is -0.159. The second kappa shape index (κ2) is 9.93. The molecule has 0 bridgehead atoms. The van der Waals surface area contributed by atoms with Crippen molar-refractivity contribution in [3.8, 4) is 10.8 Å². The second-order valence-electron chi connectivity index (χ2n) is 9.31. The molecule has 10 nitrogen and oxygen atoms in total. The van der Waals surface area contributed by atoms with Crippen molar-refractivity contribution in [1.29, 1.82) is 0 Å². The lowest BCUT2D eigenvalue weighted by molar-refractivity contribution is -0.141. The summed E-state index contributed by atoms with van der Waals surface area (Å²) in [6.45, 7) is 7.48. The zero-order chi connectivity index (χ0) is 28.1. The average molecular weight is 566 g/mol. The Morgan fingerprint density at radius 3 is 2.36 bits per heavy atom. The first kappa shape index (κ1) is 26.6. The van der Waals surface area contributed by atoms with Gasteiger partial charge in [0.1, 0.15) is 22.6 Å². The van der Waals surface area contributed by atoms with Crippen LogP contribution < -0.4 is 9.46 Å². The molecule has 1 aliphatic heterocycles. The Morgan fingerprint density at radius 1 is 1.08 bits per heavy atom. The fourth-order valence-corrected chi connectivity index (χ4v) is 6.75. The van der Waals surface area contributed by atoms with Crippen LogP contribution in [0.3, 0.4) is 0 Å². The highest BCUT2D eigenvalue weighted by atomic mass is 32.2. The third-order valence-electron chi connectivity index (χ3n) is 6.83. The number of carboxylic acids is 1. The number of hydrogen-bond donors (Lipinski definition) is 2. The number of aromatic nitrogens is 3. The fraction of sp³-hybridized carbons (Fsp3) is 0.259. The summed E-state index contributed by atoms with van der Waals surface area (Å²) in [5, 5.41) is 19.3. The number of nitrogens with one attached hydrogen (secondary N) is 1. The number of benzene rings is 2. The van der Waals surface area contributed by atoms with E-state index in [2.05, 4.69) is 14.9 Å². The Kier molecular flexibility index (Phi) is 6.77. The molecule has 1 unspecified atom stereocenters. The Morgan fingerprint density at radius 2 is 1.74 bits per heavy atom. The number of aliphatic carboxylic acids is 1. The van der Waals surface area contributed by atoms with Crippen LogP contribution in [0.2, 0.25) is 0 Å². The molecule has 2 aromatic heterocycles. The topological polar surface area (TPSA) is 136 Å². The van der Waals surface area contributed by atoms with Crippen molar-refractivity contribution in [2.45, 2.75) is 38.6 Å². The van der Waals surface area contributed by atoms with Crippen LogP contribution in [0.4, 0.5) is 5.69 Å². The molecule has 1 aliphatic rings. The maximum absolute atomic E-state index is 12.9. The minimum Gasteiger partial charge on any atom is -0.497 e. The second-order valence-corrected chi connectivity index (χ2v) is 12.2. The van der Waals surface area contributed by atoms with Crippen molar-refractivity contribution in [1.82, 2.24) is 14.8 Å². The number of nitrogens with zero attached hydrogens (tertiary/aromatic N) is 4. The van der Waals surface area contributed by atoms with Crippen LogP contribution >= 0.6 is 11.3 Å². The number of anilines is 1. The first-order chi connectivity index (χ1) is 18.5. The van der Waals surface area contributed by atoms with Crippen LogP contribution in [0.15, 0.2) is 58.4 Å². The van der Waals surface area contributed by atoms with Crippen molar-refractivity contribution in [3.63, 3.8) is 0 Å². The van der Waals surface area contributed by atoms with Crippen LogP contribution in [-0.4, -0.2) is 47.1 Å². The molecule has 0 aliphatic carbocycles. The zero-order valence-electron chi connectivity index (χ0n) is 22.0. The lowest BCUT2D eigenvalue weighted by atomic mass is 9.98. The minimum atomic E-state index is -3.81. The van der Waals surface area contributed by atoms with Crippen LogP contribution in [0, 0.1) is 26.7 Å². The van der Waals surface area contributed by atoms with E-state index in [1.165, 1.54) is 19.2 Å². The number of thiophene rings is 1. The van der Waals surface area contributed by atoms with Gasteiger partial charge in [-0.3, -0.25) is 19.1 Å². The standard InChI is InChI=1S/C27H27N5O5S2/c1-14-16(3)38-26-22(14)24(28-23(15(2)27(33)34)25-30-29-17(4)32(25)26)18-6-8-19(9-7-18)31-39(35,36)21-12-10-20(37-5)11-13-21/h6-13,15,23,31H,1-5H3,(H,33,34)/t15?,23-/m0/s1. The number of rotatable bonds is 7. The van der Waals surface area contributed by atoms with Gasteiger partial charge < -0.3 is 9.84 Å². The molecule has 0 amide bonds. The van der Waals surface area contributed by atoms with Gasteiger partial charge in [0, 0.05) is 21.7 Å². The monoisotopic (exact) mass is 565 g/mol. The van der Waals surface area contributed by atoms with Crippen LogP contribution in [0.1, 0.15) is 46.2 Å². The van der Waals surface area contributed by atoms with E-state index in [1.54, 1.807) is 54.7 Å². The zero-order valence-corrected chi connectivity index (χ0v) is 23.6. The fourth-order valence-electron chi connectivity index (χ4n) is 4.48. The predicted molar refractivity (Wildman–Crippen MR) is 149 cm³/mol. The Hall–Kier alpha value is -4.03. The quantitative estimate of drug-likeness (QED) is 0.332. The summed E-state index contributed by atoms with van der Waals surface area (Å²) in [7, 11) is -2.30. The smallest absolute Gasteiger partial charge is 0.308 e. The molecule has 0 radical (unpaired) electrons. The Labute approximate surface area is 230 Å². The molecule has 0 fully saturated rings. The van der Waals surface area contributed by atoms with E-state index in [0.717, 1.165) is 26.6 Å². The lowest BCUT2D eigenvalue weighted by Gasteiger charge is -2.16. The first-order valence-electron chi connectivity index (χ1n) is 12.1. The Balaban J connectivity index is 1.57. The number of ether oxygens (including phenoxy) is 1. The van der Waals surface area contributed by atoms with E-state index in [1.807, 2.05) is 25.3 Å². The van der Waals surface area contributed by atoms with Gasteiger partial charge in [-0.25, -0.2) is 8.42 Å². The van der Waals surface area contributed by atoms with Crippen molar-refractivity contribution < 1.29 is 23.1 Å². The molecule has 5 rings (SSSR count). The molecule has 2 aromatic carbocycles. The van der Waals surface area contributed by atoms with Gasteiger partial charge in [0.25, 0.3) is 10.0 Å². The van der Waals surface area contributed by atoms with Crippen LogP contribution in [-0.2, 0) is 14.8 Å². The molecule has 202 valence electrons. The number of carbonyl (C=O) groups is 1. The molecular weight excluding hydrogens is 538 g/mol. The van der Waals surface area contributed by atoms with Gasteiger partial charge in [0.15, 0.2) is 5.82 Å². The molecular formula is C27H27N5O5S2.